The molecule has 2 N–H and O–H groups in total. The number of aliphatic hydroxyl groups excluding tert-OH is 1. The molecule has 0 fully saturated rings. The van der Waals surface area contributed by atoms with Crippen LogP contribution in [0, 0.1) is 6.92 Å². The van der Waals surface area contributed by atoms with Crippen LogP contribution in [0.25, 0.3) is 11.0 Å². The summed E-state index contributed by atoms with van der Waals surface area (Å²) < 4.78 is 1.90. The Balaban J connectivity index is 2.66. The molecule has 0 aromatic carbocycles. The zero-order valence-electron chi connectivity index (χ0n) is 16.3. The second-order valence-corrected chi connectivity index (χ2v) is 8.00. The van der Waals surface area contributed by atoms with Crippen LogP contribution in [0.15, 0.2) is 6.07 Å². The summed E-state index contributed by atoms with van der Waals surface area (Å²) in [5, 5.41) is 17.5. The standard InChI is InChI=1S/C19H30N4O2/c1-11(2)15-10-14(18(25)20-12(3)8-9-24)16-13(4)22-23(17(16)21-15)19(5,6)7/h10-12,24H,8-9H2,1-7H3,(H,20,25). The largest absolute Gasteiger partial charge is 0.396 e. The Labute approximate surface area is 149 Å². The van der Waals surface area contributed by atoms with Crippen molar-refractivity contribution in [3.05, 3.63) is 23.0 Å². The number of hydrogen-bond acceptors (Lipinski definition) is 4. The van der Waals surface area contributed by atoms with Crippen molar-refractivity contribution in [3.8, 4) is 0 Å². The highest BCUT2D eigenvalue weighted by atomic mass is 16.3. The van der Waals surface area contributed by atoms with E-state index in [0.717, 1.165) is 22.4 Å². The molecule has 2 aromatic heterocycles. The third-order valence-electron chi connectivity index (χ3n) is 4.24. The first-order valence-electron chi connectivity index (χ1n) is 8.88. The van der Waals surface area contributed by atoms with E-state index in [1.165, 1.54) is 0 Å². The molecule has 0 saturated carbocycles. The van der Waals surface area contributed by atoms with E-state index in [1.54, 1.807) is 0 Å². The highest BCUT2D eigenvalue weighted by Crippen LogP contribution is 2.28. The number of aromatic nitrogens is 3. The van der Waals surface area contributed by atoms with Crippen molar-refractivity contribution in [2.24, 2.45) is 0 Å². The molecule has 0 aliphatic rings. The number of hydrogen-bond donors (Lipinski definition) is 2. The molecule has 0 bridgehead atoms. The lowest BCUT2D eigenvalue weighted by Crippen LogP contribution is -2.33. The first kappa shape index (κ1) is 19.4. The topological polar surface area (TPSA) is 80.0 Å². The van der Waals surface area contributed by atoms with E-state index >= 15 is 0 Å². The molecule has 138 valence electrons. The maximum Gasteiger partial charge on any atom is 0.252 e. The van der Waals surface area contributed by atoms with Gasteiger partial charge in [-0.1, -0.05) is 13.8 Å². The number of amides is 1. The van der Waals surface area contributed by atoms with Gasteiger partial charge in [0, 0.05) is 18.3 Å². The molecular formula is C19H30N4O2. The van der Waals surface area contributed by atoms with Gasteiger partial charge >= 0.3 is 0 Å². The van der Waals surface area contributed by atoms with Crippen LogP contribution in [0.5, 0.6) is 0 Å². The third-order valence-corrected chi connectivity index (χ3v) is 4.24. The van der Waals surface area contributed by atoms with E-state index in [4.69, 9.17) is 10.1 Å². The summed E-state index contributed by atoms with van der Waals surface area (Å²) in [6.07, 6.45) is 0.525. The molecule has 1 unspecified atom stereocenters. The molecule has 0 spiro atoms. The average molecular weight is 346 g/mol. The molecule has 2 heterocycles. The molecule has 1 atom stereocenters. The minimum Gasteiger partial charge on any atom is -0.396 e. The van der Waals surface area contributed by atoms with Crippen LogP contribution in [0.1, 0.15) is 75.6 Å². The molecule has 2 rings (SSSR count). The first-order chi connectivity index (χ1) is 11.6. The summed E-state index contributed by atoms with van der Waals surface area (Å²) in [4.78, 5) is 17.7. The number of nitrogens with one attached hydrogen (secondary N) is 1. The van der Waals surface area contributed by atoms with Gasteiger partial charge in [0.15, 0.2) is 5.65 Å². The summed E-state index contributed by atoms with van der Waals surface area (Å²) >= 11 is 0. The Hall–Kier alpha value is -1.95. The van der Waals surface area contributed by atoms with Gasteiger partial charge in [-0.05, 0) is 53.0 Å². The fourth-order valence-corrected chi connectivity index (χ4v) is 2.82. The molecule has 6 nitrogen and oxygen atoms in total. The molecule has 0 saturated heterocycles. The number of aliphatic hydroxyl groups is 1. The number of pyridine rings is 1. The minimum absolute atomic E-state index is 0.0471. The van der Waals surface area contributed by atoms with E-state index in [0.29, 0.717) is 12.0 Å². The third kappa shape index (κ3) is 4.00. The zero-order valence-corrected chi connectivity index (χ0v) is 16.3. The SMILES string of the molecule is Cc1nn(C(C)(C)C)c2nc(C(C)C)cc(C(=O)NC(C)CCO)c12. The smallest absolute Gasteiger partial charge is 0.252 e. The Morgan fingerprint density at radius 3 is 2.48 bits per heavy atom. The van der Waals surface area contributed by atoms with Gasteiger partial charge in [-0.15, -0.1) is 0 Å². The van der Waals surface area contributed by atoms with E-state index in [-0.39, 0.29) is 30.0 Å². The normalized spacial score (nSPS) is 13.5. The first-order valence-corrected chi connectivity index (χ1v) is 8.88. The Bertz CT molecular complexity index is 772. The lowest BCUT2D eigenvalue weighted by molar-refractivity contribution is 0.0936. The predicted molar refractivity (Wildman–Crippen MR) is 100.0 cm³/mol. The van der Waals surface area contributed by atoms with Gasteiger partial charge in [0.1, 0.15) is 0 Å². The van der Waals surface area contributed by atoms with Crippen molar-refractivity contribution in [1.29, 1.82) is 0 Å². The quantitative estimate of drug-likeness (QED) is 0.872. The lowest BCUT2D eigenvalue weighted by atomic mass is 10.0. The van der Waals surface area contributed by atoms with E-state index in [2.05, 4.69) is 45.0 Å². The number of nitrogens with zero attached hydrogens (tertiary/aromatic N) is 3. The highest BCUT2D eigenvalue weighted by Gasteiger charge is 2.25. The van der Waals surface area contributed by atoms with Crippen LogP contribution in [0.4, 0.5) is 0 Å². The molecule has 25 heavy (non-hydrogen) atoms. The fraction of sp³-hybridized carbons (Fsp3) is 0.632. The van der Waals surface area contributed by atoms with E-state index < -0.39 is 0 Å². The average Bonchev–Trinajstić information content (AvgIpc) is 2.83. The minimum atomic E-state index is -0.229. The second kappa shape index (κ2) is 7.12. The van der Waals surface area contributed by atoms with Crippen LogP contribution in [0.3, 0.4) is 0 Å². The molecule has 6 heteroatoms. The van der Waals surface area contributed by atoms with Crippen molar-refractivity contribution in [2.45, 2.75) is 72.4 Å². The Kier molecular flexibility index (Phi) is 5.52. The molecule has 1 amide bonds. The summed E-state index contributed by atoms with van der Waals surface area (Å²) in [6, 6.07) is 1.77. The van der Waals surface area contributed by atoms with Crippen molar-refractivity contribution in [1.82, 2.24) is 20.1 Å². The lowest BCUT2D eigenvalue weighted by Gasteiger charge is -2.21. The fourth-order valence-electron chi connectivity index (χ4n) is 2.82. The van der Waals surface area contributed by atoms with E-state index in [1.807, 2.05) is 24.6 Å². The van der Waals surface area contributed by atoms with Gasteiger partial charge in [-0.3, -0.25) is 4.79 Å². The van der Waals surface area contributed by atoms with Crippen LogP contribution in [-0.4, -0.2) is 38.4 Å². The number of carbonyl (C=O) groups is 1. The Morgan fingerprint density at radius 2 is 1.96 bits per heavy atom. The van der Waals surface area contributed by atoms with Crippen LogP contribution < -0.4 is 5.32 Å². The second-order valence-electron chi connectivity index (χ2n) is 8.00. The van der Waals surface area contributed by atoms with Crippen LogP contribution >= 0.6 is 0 Å². The summed E-state index contributed by atoms with van der Waals surface area (Å²) in [6.45, 7) is 14.2. The van der Waals surface area contributed by atoms with Gasteiger partial charge in [-0.2, -0.15) is 5.10 Å². The number of carbonyl (C=O) groups excluding carboxylic acids is 1. The maximum absolute atomic E-state index is 12.9. The van der Waals surface area contributed by atoms with Crippen molar-refractivity contribution in [3.63, 3.8) is 0 Å². The predicted octanol–water partition coefficient (Wildman–Crippen LogP) is 3.12. The number of fused-ring (bicyclic) bond motifs is 1. The molecule has 0 aliphatic heterocycles. The van der Waals surface area contributed by atoms with Gasteiger partial charge in [-0.25, -0.2) is 9.67 Å². The van der Waals surface area contributed by atoms with Crippen LogP contribution in [0.2, 0.25) is 0 Å². The summed E-state index contributed by atoms with van der Waals surface area (Å²) in [5.74, 6) is 0.0567. The van der Waals surface area contributed by atoms with E-state index in [9.17, 15) is 4.79 Å². The molecule has 2 aromatic rings. The summed E-state index contributed by atoms with van der Waals surface area (Å²) in [5.41, 5.74) is 2.79. The highest BCUT2D eigenvalue weighted by molar-refractivity contribution is 6.06. The monoisotopic (exact) mass is 346 g/mol. The Morgan fingerprint density at radius 1 is 1.32 bits per heavy atom. The molecular weight excluding hydrogens is 316 g/mol. The maximum atomic E-state index is 12.9. The van der Waals surface area contributed by atoms with Gasteiger partial charge < -0.3 is 10.4 Å². The van der Waals surface area contributed by atoms with Gasteiger partial charge in [0.2, 0.25) is 0 Å². The van der Waals surface area contributed by atoms with Crippen molar-refractivity contribution in [2.75, 3.05) is 6.61 Å². The van der Waals surface area contributed by atoms with Gasteiger partial charge in [0.25, 0.3) is 5.91 Å². The number of rotatable bonds is 5. The number of aryl methyl sites for hydroxylation is 1. The summed E-state index contributed by atoms with van der Waals surface area (Å²) in [7, 11) is 0. The van der Waals surface area contributed by atoms with Crippen molar-refractivity contribution < 1.29 is 9.90 Å². The molecule has 0 radical (unpaired) electrons. The zero-order chi connectivity index (χ0) is 18.9. The van der Waals surface area contributed by atoms with Gasteiger partial charge in [0.05, 0.1) is 22.2 Å². The molecule has 0 aliphatic carbocycles. The van der Waals surface area contributed by atoms with Crippen LogP contribution in [-0.2, 0) is 5.54 Å². The van der Waals surface area contributed by atoms with Crippen molar-refractivity contribution >= 4 is 16.9 Å².